The van der Waals surface area contributed by atoms with Crippen molar-refractivity contribution in [2.24, 2.45) is 5.92 Å². The van der Waals surface area contributed by atoms with E-state index in [2.05, 4.69) is 12.2 Å². The molecule has 1 aromatic carbocycles. The summed E-state index contributed by atoms with van der Waals surface area (Å²) in [7, 11) is 0. The number of benzene rings is 1. The van der Waals surface area contributed by atoms with Crippen molar-refractivity contribution >= 4 is 11.6 Å². The van der Waals surface area contributed by atoms with Gasteiger partial charge < -0.3 is 15.8 Å². The zero-order valence-corrected chi connectivity index (χ0v) is 12.1. The number of hydrogen-bond donors (Lipinski definition) is 2. The van der Waals surface area contributed by atoms with Gasteiger partial charge in [-0.1, -0.05) is 19.8 Å². The first-order valence-corrected chi connectivity index (χ1v) is 7.45. The molecule has 1 aliphatic carbocycles. The predicted octanol–water partition coefficient (Wildman–Crippen LogP) is 2.73. The summed E-state index contributed by atoms with van der Waals surface area (Å²) in [5.74, 6) is 1.66. The average molecular weight is 276 g/mol. The van der Waals surface area contributed by atoms with E-state index < -0.39 is 0 Å². The molecule has 0 aromatic heterocycles. The monoisotopic (exact) mass is 276 g/mol. The number of carbonyl (C=O) groups excluding carboxylic acids is 1. The molecule has 0 spiro atoms. The van der Waals surface area contributed by atoms with Crippen LogP contribution < -0.4 is 15.8 Å². The standard InChI is InChI=1S/C16H24N2O2/c1-2-14(11-12-3-4-12)18-16(19)9-10-20-15-7-5-13(17)6-8-15/h5-8,12,14H,2-4,9-11,17H2,1H3,(H,18,19). The Hall–Kier alpha value is -1.71. The Labute approximate surface area is 120 Å². The summed E-state index contributed by atoms with van der Waals surface area (Å²) in [6, 6.07) is 7.53. The highest BCUT2D eigenvalue weighted by molar-refractivity contribution is 5.76. The van der Waals surface area contributed by atoms with Crippen molar-refractivity contribution in [3.8, 4) is 5.75 Å². The number of hydrogen-bond acceptors (Lipinski definition) is 3. The molecule has 1 aliphatic rings. The van der Waals surface area contributed by atoms with Gasteiger partial charge in [0, 0.05) is 11.7 Å². The van der Waals surface area contributed by atoms with Crippen molar-refractivity contribution in [3.05, 3.63) is 24.3 Å². The Morgan fingerprint density at radius 3 is 2.70 bits per heavy atom. The molecule has 0 heterocycles. The van der Waals surface area contributed by atoms with Crippen LogP contribution in [-0.4, -0.2) is 18.6 Å². The second-order valence-corrected chi connectivity index (χ2v) is 5.52. The zero-order chi connectivity index (χ0) is 14.4. The maximum atomic E-state index is 11.8. The minimum atomic E-state index is 0.0768. The van der Waals surface area contributed by atoms with E-state index in [0.29, 0.717) is 24.8 Å². The Morgan fingerprint density at radius 1 is 1.40 bits per heavy atom. The molecular formula is C16H24N2O2. The molecule has 3 N–H and O–H groups in total. The van der Waals surface area contributed by atoms with E-state index in [1.165, 1.54) is 12.8 Å². The minimum absolute atomic E-state index is 0.0768. The van der Waals surface area contributed by atoms with Crippen molar-refractivity contribution in [3.63, 3.8) is 0 Å². The highest BCUT2D eigenvalue weighted by atomic mass is 16.5. The van der Waals surface area contributed by atoms with Crippen LogP contribution in [0.2, 0.25) is 0 Å². The number of nitrogens with two attached hydrogens (primary N) is 1. The fourth-order valence-corrected chi connectivity index (χ4v) is 2.21. The Morgan fingerprint density at radius 2 is 2.10 bits per heavy atom. The second kappa shape index (κ2) is 7.17. The van der Waals surface area contributed by atoms with Gasteiger partial charge in [0.2, 0.25) is 5.91 Å². The number of ether oxygens (including phenoxy) is 1. The number of amides is 1. The fraction of sp³-hybridized carbons (Fsp3) is 0.562. The third kappa shape index (κ3) is 5.11. The van der Waals surface area contributed by atoms with Crippen LogP contribution in [0.1, 0.15) is 39.0 Å². The van der Waals surface area contributed by atoms with Crippen molar-refractivity contribution in [1.29, 1.82) is 0 Å². The van der Waals surface area contributed by atoms with Gasteiger partial charge in [0.05, 0.1) is 13.0 Å². The van der Waals surface area contributed by atoms with E-state index in [0.717, 1.165) is 24.5 Å². The Kier molecular flexibility index (Phi) is 5.27. The Bertz CT molecular complexity index is 427. The van der Waals surface area contributed by atoms with Gasteiger partial charge in [-0.05, 0) is 43.0 Å². The topological polar surface area (TPSA) is 64.3 Å². The lowest BCUT2D eigenvalue weighted by molar-refractivity contribution is -0.122. The fourth-order valence-electron chi connectivity index (χ4n) is 2.21. The van der Waals surface area contributed by atoms with Crippen molar-refractivity contribution in [1.82, 2.24) is 5.32 Å². The van der Waals surface area contributed by atoms with Gasteiger partial charge in [-0.25, -0.2) is 0 Å². The lowest BCUT2D eigenvalue weighted by Crippen LogP contribution is -2.35. The smallest absolute Gasteiger partial charge is 0.223 e. The molecule has 0 radical (unpaired) electrons. The molecule has 1 saturated carbocycles. The molecular weight excluding hydrogens is 252 g/mol. The first kappa shape index (κ1) is 14.7. The maximum absolute atomic E-state index is 11.8. The van der Waals surface area contributed by atoms with Crippen LogP contribution in [0.25, 0.3) is 0 Å². The van der Waals surface area contributed by atoms with E-state index in [1.54, 1.807) is 12.1 Å². The molecule has 1 fully saturated rings. The minimum Gasteiger partial charge on any atom is -0.493 e. The molecule has 0 bridgehead atoms. The van der Waals surface area contributed by atoms with E-state index in [1.807, 2.05) is 12.1 Å². The normalized spacial score (nSPS) is 15.7. The molecule has 1 aromatic rings. The largest absolute Gasteiger partial charge is 0.493 e. The van der Waals surface area contributed by atoms with Gasteiger partial charge in [0.25, 0.3) is 0 Å². The number of nitrogens with one attached hydrogen (secondary N) is 1. The summed E-state index contributed by atoms with van der Waals surface area (Å²) >= 11 is 0. The van der Waals surface area contributed by atoms with Crippen LogP contribution in [0.15, 0.2) is 24.3 Å². The first-order valence-electron chi connectivity index (χ1n) is 7.45. The lowest BCUT2D eigenvalue weighted by Gasteiger charge is -2.16. The van der Waals surface area contributed by atoms with E-state index in [-0.39, 0.29) is 5.91 Å². The molecule has 20 heavy (non-hydrogen) atoms. The van der Waals surface area contributed by atoms with E-state index in [9.17, 15) is 4.79 Å². The summed E-state index contributed by atoms with van der Waals surface area (Å²) in [5.41, 5.74) is 6.31. The molecule has 2 rings (SSSR count). The van der Waals surface area contributed by atoms with Crippen molar-refractivity contribution < 1.29 is 9.53 Å². The van der Waals surface area contributed by atoms with Crippen LogP contribution in [0, 0.1) is 5.92 Å². The van der Waals surface area contributed by atoms with Crippen LogP contribution in [-0.2, 0) is 4.79 Å². The van der Waals surface area contributed by atoms with Crippen molar-refractivity contribution in [2.75, 3.05) is 12.3 Å². The summed E-state index contributed by atoms with van der Waals surface area (Å²) < 4.78 is 5.52. The van der Waals surface area contributed by atoms with E-state index >= 15 is 0 Å². The Balaban J connectivity index is 1.64. The molecule has 4 nitrogen and oxygen atoms in total. The third-order valence-corrected chi connectivity index (χ3v) is 3.65. The summed E-state index contributed by atoms with van der Waals surface area (Å²) in [5, 5.41) is 3.09. The number of rotatable bonds is 8. The van der Waals surface area contributed by atoms with Gasteiger partial charge in [-0.15, -0.1) is 0 Å². The first-order chi connectivity index (χ1) is 9.67. The van der Waals surface area contributed by atoms with Crippen LogP contribution >= 0.6 is 0 Å². The summed E-state index contributed by atoms with van der Waals surface area (Å²) in [6.45, 7) is 2.52. The van der Waals surface area contributed by atoms with Crippen LogP contribution in [0.3, 0.4) is 0 Å². The lowest BCUT2D eigenvalue weighted by atomic mass is 10.1. The zero-order valence-electron chi connectivity index (χ0n) is 12.1. The van der Waals surface area contributed by atoms with Gasteiger partial charge in [-0.3, -0.25) is 4.79 Å². The number of carbonyl (C=O) groups is 1. The predicted molar refractivity (Wildman–Crippen MR) is 80.5 cm³/mol. The third-order valence-electron chi connectivity index (χ3n) is 3.65. The SMILES string of the molecule is CCC(CC1CC1)NC(=O)CCOc1ccc(N)cc1. The molecule has 4 heteroatoms. The average Bonchev–Trinajstić information content (AvgIpc) is 3.24. The number of nitrogen functional groups attached to an aromatic ring is 1. The number of anilines is 1. The summed E-state index contributed by atoms with van der Waals surface area (Å²) in [6.07, 6.45) is 5.17. The highest BCUT2D eigenvalue weighted by Crippen LogP contribution is 2.34. The molecule has 1 atom stereocenters. The van der Waals surface area contributed by atoms with Crippen LogP contribution in [0.5, 0.6) is 5.75 Å². The van der Waals surface area contributed by atoms with Gasteiger partial charge in [-0.2, -0.15) is 0 Å². The molecule has 1 unspecified atom stereocenters. The molecule has 1 amide bonds. The van der Waals surface area contributed by atoms with Crippen molar-refractivity contribution in [2.45, 2.75) is 45.1 Å². The quantitative estimate of drug-likeness (QED) is 0.718. The van der Waals surface area contributed by atoms with Gasteiger partial charge in [0.1, 0.15) is 5.75 Å². The molecule has 0 aliphatic heterocycles. The molecule has 110 valence electrons. The van der Waals surface area contributed by atoms with Crippen LogP contribution in [0.4, 0.5) is 5.69 Å². The van der Waals surface area contributed by atoms with E-state index in [4.69, 9.17) is 10.5 Å². The second-order valence-electron chi connectivity index (χ2n) is 5.52. The van der Waals surface area contributed by atoms with Gasteiger partial charge >= 0.3 is 0 Å². The highest BCUT2D eigenvalue weighted by Gasteiger charge is 2.25. The summed E-state index contributed by atoms with van der Waals surface area (Å²) in [4.78, 5) is 11.8. The maximum Gasteiger partial charge on any atom is 0.223 e. The molecule has 0 saturated heterocycles. The van der Waals surface area contributed by atoms with Gasteiger partial charge in [0.15, 0.2) is 0 Å².